The molecule has 0 amide bonds. The van der Waals surface area contributed by atoms with Crippen molar-refractivity contribution in [2.75, 3.05) is 25.0 Å². The van der Waals surface area contributed by atoms with Crippen LogP contribution < -0.4 is 5.32 Å². The SMILES string of the molecule is Fc1sc2cc(NC3=COC4(C3)CN3CCC4CC3)ccc2c1F. The van der Waals surface area contributed by atoms with Crippen molar-refractivity contribution < 1.29 is 13.5 Å². The lowest BCUT2D eigenvalue weighted by molar-refractivity contribution is -0.105. The van der Waals surface area contributed by atoms with Crippen LogP contribution in [0.25, 0.3) is 10.1 Å². The Bertz CT molecular complexity index is 841. The van der Waals surface area contributed by atoms with E-state index in [1.807, 2.05) is 6.26 Å². The van der Waals surface area contributed by atoms with Crippen molar-refractivity contribution in [2.24, 2.45) is 5.92 Å². The first kappa shape index (κ1) is 14.7. The predicted molar refractivity (Wildman–Crippen MR) is 91.0 cm³/mol. The Hall–Kier alpha value is -1.66. The molecular weight excluding hydrogens is 330 g/mol. The highest BCUT2D eigenvalue weighted by molar-refractivity contribution is 7.17. The highest BCUT2D eigenvalue weighted by Crippen LogP contribution is 2.45. The number of halogens is 2. The van der Waals surface area contributed by atoms with E-state index in [9.17, 15) is 8.78 Å². The Labute approximate surface area is 142 Å². The molecule has 4 aliphatic rings. The number of nitrogens with one attached hydrogen (secondary N) is 1. The lowest BCUT2D eigenvalue weighted by atomic mass is 9.73. The molecule has 126 valence electrons. The minimum absolute atomic E-state index is 0.0793. The van der Waals surface area contributed by atoms with Crippen molar-refractivity contribution in [2.45, 2.75) is 24.9 Å². The van der Waals surface area contributed by atoms with E-state index in [-0.39, 0.29) is 5.60 Å². The van der Waals surface area contributed by atoms with Crippen LogP contribution in [0.4, 0.5) is 14.5 Å². The third-order valence-electron chi connectivity index (χ3n) is 5.64. The summed E-state index contributed by atoms with van der Waals surface area (Å²) in [5.74, 6) is -0.128. The first-order chi connectivity index (χ1) is 11.6. The molecule has 4 aliphatic heterocycles. The van der Waals surface area contributed by atoms with E-state index in [0.29, 0.717) is 16.0 Å². The zero-order valence-corrected chi connectivity index (χ0v) is 14.0. The molecule has 6 rings (SSSR count). The molecule has 3 fully saturated rings. The highest BCUT2D eigenvalue weighted by Gasteiger charge is 2.50. The van der Waals surface area contributed by atoms with Gasteiger partial charge in [0, 0.05) is 34.7 Å². The molecule has 3 saturated heterocycles. The van der Waals surface area contributed by atoms with Crippen molar-refractivity contribution in [3.05, 3.63) is 41.1 Å². The van der Waals surface area contributed by atoms with Gasteiger partial charge in [-0.15, -0.1) is 11.3 Å². The number of nitrogens with zero attached hydrogens (tertiary/aromatic N) is 1. The Morgan fingerprint density at radius 2 is 2.08 bits per heavy atom. The molecule has 1 spiro atoms. The largest absolute Gasteiger partial charge is 0.491 e. The van der Waals surface area contributed by atoms with Crippen LogP contribution in [0, 0.1) is 16.9 Å². The fraction of sp³-hybridized carbons (Fsp3) is 0.444. The summed E-state index contributed by atoms with van der Waals surface area (Å²) < 4.78 is 33.7. The maximum Gasteiger partial charge on any atom is 0.213 e. The maximum absolute atomic E-state index is 13.6. The second-order valence-electron chi connectivity index (χ2n) is 7.08. The van der Waals surface area contributed by atoms with Gasteiger partial charge in [-0.2, -0.15) is 4.39 Å². The van der Waals surface area contributed by atoms with Gasteiger partial charge in [0.15, 0.2) is 5.82 Å². The van der Waals surface area contributed by atoms with Crippen LogP contribution in [0.5, 0.6) is 0 Å². The molecule has 3 nitrogen and oxygen atoms in total. The second kappa shape index (κ2) is 5.17. The molecule has 5 heterocycles. The molecule has 24 heavy (non-hydrogen) atoms. The van der Waals surface area contributed by atoms with Gasteiger partial charge in [-0.05, 0) is 44.1 Å². The molecule has 0 aliphatic carbocycles. The van der Waals surface area contributed by atoms with Crippen molar-refractivity contribution in [3.63, 3.8) is 0 Å². The van der Waals surface area contributed by atoms with Gasteiger partial charge in [-0.1, -0.05) is 0 Å². The van der Waals surface area contributed by atoms with E-state index < -0.39 is 10.9 Å². The van der Waals surface area contributed by atoms with Gasteiger partial charge in [-0.25, -0.2) is 4.39 Å². The number of rotatable bonds is 2. The number of benzene rings is 1. The maximum atomic E-state index is 13.6. The minimum atomic E-state index is -0.754. The van der Waals surface area contributed by atoms with E-state index in [2.05, 4.69) is 10.2 Å². The summed E-state index contributed by atoms with van der Waals surface area (Å²) >= 11 is 0.843. The summed E-state index contributed by atoms with van der Waals surface area (Å²) in [6, 6.07) is 5.22. The van der Waals surface area contributed by atoms with Crippen LogP contribution in [0.2, 0.25) is 0 Å². The van der Waals surface area contributed by atoms with Gasteiger partial charge in [0.05, 0.1) is 5.70 Å². The number of ether oxygens (including phenoxy) is 1. The Kier molecular flexibility index (Phi) is 3.16. The first-order valence-electron chi connectivity index (χ1n) is 8.37. The topological polar surface area (TPSA) is 24.5 Å². The van der Waals surface area contributed by atoms with Crippen molar-refractivity contribution in [1.82, 2.24) is 4.90 Å². The van der Waals surface area contributed by atoms with Crippen molar-refractivity contribution in [3.8, 4) is 0 Å². The first-order valence-corrected chi connectivity index (χ1v) is 9.18. The fourth-order valence-electron chi connectivity index (χ4n) is 4.42. The molecule has 1 aromatic heterocycles. The van der Waals surface area contributed by atoms with E-state index in [0.717, 1.165) is 35.7 Å². The molecule has 1 aromatic carbocycles. The van der Waals surface area contributed by atoms with E-state index >= 15 is 0 Å². The molecule has 1 N–H and O–H groups in total. The van der Waals surface area contributed by atoms with Gasteiger partial charge >= 0.3 is 0 Å². The summed E-state index contributed by atoms with van der Waals surface area (Å²) in [5, 5.41) is 2.96. The molecule has 6 heteroatoms. The minimum Gasteiger partial charge on any atom is -0.491 e. The van der Waals surface area contributed by atoms with Crippen LogP contribution >= 0.6 is 11.3 Å². The Balaban J connectivity index is 1.35. The van der Waals surface area contributed by atoms with Crippen molar-refractivity contribution in [1.29, 1.82) is 0 Å². The summed E-state index contributed by atoms with van der Waals surface area (Å²) in [6.07, 6.45) is 5.13. The smallest absolute Gasteiger partial charge is 0.213 e. The standard InChI is InChI=1S/C18H18F2N2OS/c19-16-14-2-1-12(7-15(14)24-17(16)20)21-13-8-18(23-9-13)10-22-5-3-11(18)4-6-22/h1-2,7,9,11,21H,3-6,8,10H2. The van der Waals surface area contributed by atoms with Gasteiger partial charge in [-0.3, -0.25) is 4.90 Å². The summed E-state index contributed by atoms with van der Waals surface area (Å²) in [7, 11) is 0. The average molecular weight is 348 g/mol. The van der Waals surface area contributed by atoms with Gasteiger partial charge in [0.1, 0.15) is 11.9 Å². The van der Waals surface area contributed by atoms with Gasteiger partial charge < -0.3 is 10.1 Å². The average Bonchev–Trinajstić information content (AvgIpc) is 3.10. The number of hydrogen-bond acceptors (Lipinski definition) is 4. The third-order valence-corrected chi connectivity index (χ3v) is 6.56. The summed E-state index contributed by atoms with van der Waals surface area (Å²) in [4.78, 5) is 2.49. The number of anilines is 1. The van der Waals surface area contributed by atoms with Crippen molar-refractivity contribution >= 4 is 27.1 Å². The lowest BCUT2D eigenvalue weighted by Gasteiger charge is -2.50. The molecule has 0 saturated carbocycles. The molecular formula is C18H18F2N2OS. The quantitative estimate of drug-likeness (QED) is 0.875. The molecule has 1 unspecified atom stereocenters. The number of fused-ring (bicyclic) bond motifs is 3. The highest BCUT2D eigenvalue weighted by atomic mass is 32.1. The van der Waals surface area contributed by atoms with Gasteiger partial charge in [0.2, 0.25) is 5.13 Å². The number of hydrogen-bond donors (Lipinski definition) is 1. The Morgan fingerprint density at radius 3 is 2.83 bits per heavy atom. The van der Waals surface area contributed by atoms with Crippen LogP contribution in [0.1, 0.15) is 19.3 Å². The predicted octanol–water partition coefficient (Wildman–Crippen LogP) is 4.32. The monoisotopic (exact) mass is 348 g/mol. The summed E-state index contributed by atoms with van der Waals surface area (Å²) in [5.41, 5.74) is 1.81. The lowest BCUT2D eigenvalue weighted by Crippen LogP contribution is -2.58. The van der Waals surface area contributed by atoms with Gasteiger partial charge in [0.25, 0.3) is 0 Å². The van der Waals surface area contributed by atoms with Crippen LogP contribution in [0.15, 0.2) is 30.2 Å². The Morgan fingerprint density at radius 1 is 1.25 bits per heavy atom. The van der Waals surface area contributed by atoms with Crippen LogP contribution in [-0.4, -0.2) is 30.1 Å². The normalized spacial score (nSPS) is 31.5. The fourth-order valence-corrected chi connectivity index (χ4v) is 5.27. The second-order valence-corrected chi connectivity index (χ2v) is 8.08. The summed E-state index contributed by atoms with van der Waals surface area (Å²) in [6.45, 7) is 3.37. The molecule has 0 radical (unpaired) electrons. The van der Waals surface area contributed by atoms with E-state index in [1.165, 1.54) is 25.9 Å². The molecule has 1 atom stereocenters. The zero-order chi connectivity index (χ0) is 16.3. The van der Waals surface area contributed by atoms with Crippen LogP contribution in [0.3, 0.4) is 0 Å². The number of piperidine rings is 3. The molecule has 2 bridgehead atoms. The third kappa shape index (κ3) is 2.16. The zero-order valence-electron chi connectivity index (χ0n) is 13.1. The van der Waals surface area contributed by atoms with E-state index in [4.69, 9.17) is 4.74 Å². The number of thiophene rings is 1. The van der Waals surface area contributed by atoms with E-state index in [1.54, 1.807) is 18.2 Å². The van der Waals surface area contributed by atoms with Crippen LogP contribution in [-0.2, 0) is 4.74 Å². The molecule has 2 aromatic rings.